The number of nitrogens with zero attached hydrogens (tertiary/aromatic N) is 2. The Balaban J connectivity index is 1.37. The van der Waals surface area contributed by atoms with E-state index in [1.807, 2.05) is 32.0 Å². The Morgan fingerprint density at radius 2 is 2.14 bits per heavy atom. The maximum Gasteiger partial charge on any atom is 0.239 e. The highest BCUT2D eigenvalue weighted by molar-refractivity contribution is 7.09. The maximum absolute atomic E-state index is 12.6. The van der Waals surface area contributed by atoms with E-state index in [2.05, 4.69) is 39.3 Å². The van der Waals surface area contributed by atoms with Gasteiger partial charge in [-0.05, 0) is 44.9 Å². The second-order valence-corrected chi connectivity index (χ2v) is 8.48. The molecule has 0 radical (unpaired) electrons. The molecule has 4 rings (SSSR count). The number of thiazole rings is 1. The van der Waals surface area contributed by atoms with Crippen LogP contribution < -0.4 is 10.1 Å². The third-order valence-electron chi connectivity index (χ3n) is 5.31. The van der Waals surface area contributed by atoms with Crippen LogP contribution in [0.1, 0.15) is 22.0 Å². The van der Waals surface area contributed by atoms with E-state index in [0.717, 1.165) is 39.8 Å². The number of carbonyl (C=O) groups excluding carboxylic acids is 1. The van der Waals surface area contributed by atoms with E-state index in [9.17, 15) is 4.79 Å². The molecule has 3 heterocycles. The molecule has 0 saturated carbocycles. The smallest absolute Gasteiger partial charge is 0.239 e. The van der Waals surface area contributed by atoms with Crippen LogP contribution in [0.4, 0.5) is 0 Å². The fraction of sp³-hybridized carbons (Fsp3) is 0.364. The molecule has 3 aromatic rings. The lowest BCUT2D eigenvalue weighted by Gasteiger charge is -2.25. The molecule has 0 bridgehead atoms. The molecule has 1 aliphatic heterocycles. The molecule has 0 spiro atoms. The largest absolute Gasteiger partial charge is 0.493 e. The number of aryl methyl sites for hydroxylation is 2. The Kier molecular flexibility index (Phi) is 5.22. The first-order valence-electron chi connectivity index (χ1n) is 9.58. The number of para-hydroxylation sites is 1. The Labute approximate surface area is 169 Å². The van der Waals surface area contributed by atoms with Crippen molar-refractivity contribution in [3.8, 4) is 17.0 Å². The maximum atomic E-state index is 12.6. The first-order chi connectivity index (χ1) is 13.5. The van der Waals surface area contributed by atoms with Crippen molar-refractivity contribution in [3.63, 3.8) is 0 Å². The molecular formula is C22H25N3O2S. The Hall–Kier alpha value is -2.60. The molecule has 1 amide bonds. The van der Waals surface area contributed by atoms with Gasteiger partial charge in [-0.25, -0.2) is 4.98 Å². The predicted molar refractivity (Wildman–Crippen MR) is 112 cm³/mol. The van der Waals surface area contributed by atoms with Crippen molar-refractivity contribution in [2.45, 2.75) is 33.7 Å². The molecule has 0 aliphatic carbocycles. The minimum Gasteiger partial charge on any atom is -0.493 e. The third kappa shape index (κ3) is 3.83. The minimum absolute atomic E-state index is 0.0293. The zero-order valence-corrected chi connectivity index (χ0v) is 17.3. The lowest BCUT2D eigenvalue weighted by molar-refractivity contribution is -0.121. The molecule has 146 valence electrons. The number of aromatic nitrogens is 2. The summed E-state index contributed by atoms with van der Waals surface area (Å²) in [5, 5.41) is 6.21. The summed E-state index contributed by atoms with van der Waals surface area (Å²) in [6, 6.07) is 10.2. The van der Waals surface area contributed by atoms with E-state index < -0.39 is 0 Å². The Bertz CT molecular complexity index is 1010. The van der Waals surface area contributed by atoms with Crippen molar-refractivity contribution in [2.75, 3.05) is 13.2 Å². The van der Waals surface area contributed by atoms with Crippen molar-refractivity contribution in [3.05, 3.63) is 57.7 Å². The molecule has 0 saturated heterocycles. The van der Waals surface area contributed by atoms with Crippen LogP contribution in [0.15, 0.2) is 35.7 Å². The molecule has 0 fully saturated rings. The first kappa shape index (κ1) is 18.7. The monoisotopic (exact) mass is 395 g/mol. The van der Waals surface area contributed by atoms with Crippen LogP contribution in [0.25, 0.3) is 11.3 Å². The van der Waals surface area contributed by atoms with Crippen LogP contribution in [0, 0.1) is 26.7 Å². The topological polar surface area (TPSA) is 56.2 Å². The van der Waals surface area contributed by atoms with Gasteiger partial charge in [0.15, 0.2) is 0 Å². The number of carbonyl (C=O) groups is 1. The van der Waals surface area contributed by atoms with Gasteiger partial charge in [0.1, 0.15) is 12.3 Å². The normalized spacial score (nSPS) is 15.8. The molecule has 1 atom stereocenters. The van der Waals surface area contributed by atoms with Gasteiger partial charge in [-0.3, -0.25) is 4.79 Å². The van der Waals surface area contributed by atoms with E-state index in [-0.39, 0.29) is 5.91 Å². The van der Waals surface area contributed by atoms with E-state index in [1.165, 1.54) is 5.56 Å². The van der Waals surface area contributed by atoms with Crippen LogP contribution >= 0.6 is 11.3 Å². The summed E-state index contributed by atoms with van der Waals surface area (Å²) < 4.78 is 7.88. The molecule has 1 aromatic carbocycles. The van der Waals surface area contributed by atoms with Gasteiger partial charge >= 0.3 is 0 Å². The second kappa shape index (κ2) is 7.80. The summed E-state index contributed by atoms with van der Waals surface area (Å²) >= 11 is 1.64. The highest BCUT2D eigenvalue weighted by Crippen LogP contribution is 2.28. The number of rotatable bonds is 5. The standard InChI is InChI=1S/C22H25N3O2S/c1-14-8-19(20-13-28-16(3)24-20)15(2)25(14)11-22(26)23-10-17-9-18-6-4-5-7-21(18)27-12-17/h4-8,13,17H,9-12H2,1-3H3,(H,23,26). The zero-order chi connectivity index (χ0) is 19.7. The number of benzene rings is 1. The summed E-state index contributed by atoms with van der Waals surface area (Å²) in [5.41, 5.74) is 5.46. The number of fused-ring (bicyclic) bond motifs is 1. The number of hydrogen-bond donors (Lipinski definition) is 1. The van der Waals surface area contributed by atoms with Crippen LogP contribution in [0.5, 0.6) is 5.75 Å². The number of hydrogen-bond acceptors (Lipinski definition) is 4. The molecule has 6 heteroatoms. The quantitative estimate of drug-likeness (QED) is 0.713. The number of nitrogens with one attached hydrogen (secondary N) is 1. The fourth-order valence-corrected chi connectivity index (χ4v) is 4.38. The van der Waals surface area contributed by atoms with Crippen molar-refractivity contribution in [1.29, 1.82) is 0 Å². The van der Waals surface area contributed by atoms with Crippen LogP contribution in [-0.2, 0) is 17.8 Å². The Morgan fingerprint density at radius 3 is 2.93 bits per heavy atom. The van der Waals surface area contributed by atoms with Crippen LogP contribution in [-0.4, -0.2) is 28.6 Å². The van der Waals surface area contributed by atoms with E-state index >= 15 is 0 Å². The second-order valence-electron chi connectivity index (χ2n) is 7.42. The SMILES string of the molecule is Cc1nc(-c2cc(C)n(CC(=O)NCC3COc4ccccc4C3)c2C)cs1. The first-order valence-corrected chi connectivity index (χ1v) is 10.5. The van der Waals surface area contributed by atoms with Crippen molar-refractivity contribution in [1.82, 2.24) is 14.9 Å². The molecule has 28 heavy (non-hydrogen) atoms. The van der Waals surface area contributed by atoms with Gasteiger partial charge in [-0.2, -0.15) is 0 Å². The van der Waals surface area contributed by atoms with Gasteiger partial charge in [0.25, 0.3) is 0 Å². The average molecular weight is 396 g/mol. The fourth-order valence-electron chi connectivity index (χ4n) is 3.77. The summed E-state index contributed by atoms with van der Waals surface area (Å²) in [6.45, 7) is 7.70. The summed E-state index contributed by atoms with van der Waals surface area (Å²) in [6.07, 6.45) is 0.936. The molecule has 5 nitrogen and oxygen atoms in total. The van der Waals surface area contributed by atoms with Gasteiger partial charge in [-0.15, -0.1) is 11.3 Å². The van der Waals surface area contributed by atoms with Gasteiger partial charge in [0, 0.05) is 34.8 Å². The summed E-state index contributed by atoms with van der Waals surface area (Å²) in [5.74, 6) is 1.30. The lowest BCUT2D eigenvalue weighted by atomic mass is 9.97. The van der Waals surface area contributed by atoms with E-state index in [0.29, 0.717) is 25.6 Å². The molecular weight excluding hydrogens is 370 g/mol. The van der Waals surface area contributed by atoms with Crippen LogP contribution in [0.3, 0.4) is 0 Å². The zero-order valence-electron chi connectivity index (χ0n) is 16.5. The van der Waals surface area contributed by atoms with Gasteiger partial charge in [0.2, 0.25) is 5.91 Å². The van der Waals surface area contributed by atoms with Crippen molar-refractivity contribution < 1.29 is 9.53 Å². The Morgan fingerprint density at radius 1 is 1.32 bits per heavy atom. The van der Waals surface area contributed by atoms with Gasteiger partial charge in [0.05, 0.1) is 17.3 Å². The molecule has 1 unspecified atom stereocenters. The predicted octanol–water partition coefficient (Wildman–Crippen LogP) is 3.90. The van der Waals surface area contributed by atoms with Crippen LogP contribution in [0.2, 0.25) is 0 Å². The average Bonchev–Trinajstić information content (AvgIpc) is 3.24. The summed E-state index contributed by atoms with van der Waals surface area (Å²) in [4.78, 5) is 17.2. The minimum atomic E-state index is 0.0293. The van der Waals surface area contributed by atoms with E-state index in [4.69, 9.17) is 4.74 Å². The number of ether oxygens (including phenoxy) is 1. The lowest BCUT2D eigenvalue weighted by Crippen LogP contribution is -2.36. The van der Waals surface area contributed by atoms with Crippen molar-refractivity contribution in [2.24, 2.45) is 5.92 Å². The molecule has 2 aromatic heterocycles. The van der Waals surface area contributed by atoms with Gasteiger partial charge < -0.3 is 14.6 Å². The molecule has 1 N–H and O–H groups in total. The van der Waals surface area contributed by atoms with E-state index in [1.54, 1.807) is 11.3 Å². The van der Waals surface area contributed by atoms with Gasteiger partial charge in [-0.1, -0.05) is 18.2 Å². The highest BCUT2D eigenvalue weighted by atomic mass is 32.1. The highest BCUT2D eigenvalue weighted by Gasteiger charge is 2.20. The summed E-state index contributed by atoms with van der Waals surface area (Å²) in [7, 11) is 0. The third-order valence-corrected chi connectivity index (χ3v) is 6.09. The number of amides is 1. The van der Waals surface area contributed by atoms with Crippen molar-refractivity contribution >= 4 is 17.2 Å². The molecule has 1 aliphatic rings.